The topological polar surface area (TPSA) is 88.3 Å². The van der Waals surface area contributed by atoms with Crippen LogP contribution in [-0.4, -0.2) is 34.3 Å². The van der Waals surface area contributed by atoms with Gasteiger partial charge in [-0.25, -0.2) is 0 Å². The Bertz CT molecular complexity index is 1020. The molecule has 27 heavy (non-hydrogen) atoms. The molecule has 4 rings (SSSR count). The number of amides is 2. The van der Waals surface area contributed by atoms with Gasteiger partial charge in [-0.05, 0) is 40.2 Å². The highest BCUT2D eigenvalue weighted by Gasteiger charge is 2.27. The van der Waals surface area contributed by atoms with Crippen molar-refractivity contribution in [1.29, 1.82) is 0 Å². The maximum Gasteiger partial charge on any atom is 0.277 e. The predicted molar refractivity (Wildman–Crippen MR) is 106 cm³/mol. The van der Waals surface area contributed by atoms with Crippen LogP contribution in [0.4, 0.5) is 11.4 Å². The molecule has 1 aliphatic heterocycles. The number of rotatable bonds is 4. The molecular formula is C18H13BrN4O3S. The number of hydrogen-bond acceptors (Lipinski definition) is 6. The molecule has 2 heterocycles. The van der Waals surface area contributed by atoms with Gasteiger partial charge in [-0.15, -0.1) is 10.2 Å². The minimum Gasteiger partial charge on any atom is -0.411 e. The summed E-state index contributed by atoms with van der Waals surface area (Å²) in [5.41, 5.74) is 2.09. The van der Waals surface area contributed by atoms with Crippen LogP contribution in [0.5, 0.6) is 0 Å². The molecule has 0 fully saturated rings. The highest BCUT2D eigenvalue weighted by molar-refractivity contribution is 9.10. The second kappa shape index (κ2) is 7.53. The van der Waals surface area contributed by atoms with Crippen LogP contribution >= 0.6 is 27.7 Å². The van der Waals surface area contributed by atoms with Crippen LogP contribution < -0.4 is 10.2 Å². The molecule has 0 radical (unpaired) electrons. The molecule has 7 nitrogen and oxygen atoms in total. The second-order valence-electron chi connectivity index (χ2n) is 5.69. The number of thioether (sulfide) groups is 1. The lowest BCUT2D eigenvalue weighted by Gasteiger charge is -2.28. The lowest BCUT2D eigenvalue weighted by atomic mass is 10.2. The summed E-state index contributed by atoms with van der Waals surface area (Å²) in [7, 11) is 0. The third kappa shape index (κ3) is 3.74. The van der Waals surface area contributed by atoms with Gasteiger partial charge in [0.05, 0.1) is 22.7 Å². The molecule has 0 spiro atoms. The molecule has 1 aliphatic rings. The zero-order valence-electron chi connectivity index (χ0n) is 13.9. The Morgan fingerprint density at radius 3 is 2.81 bits per heavy atom. The van der Waals surface area contributed by atoms with Gasteiger partial charge in [0.1, 0.15) is 6.54 Å². The zero-order chi connectivity index (χ0) is 18.8. The fourth-order valence-electron chi connectivity index (χ4n) is 2.67. The minimum absolute atomic E-state index is 0.0115. The molecule has 0 saturated heterocycles. The van der Waals surface area contributed by atoms with Gasteiger partial charge in [-0.3, -0.25) is 9.59 Å². The molecule has 0 saturated carbocycles. The number of anilines is 2. The number of halogens is 1. The Hall–Kier alpha value is -2.65. The molecule has 1 N–H and O–H groups in total. The summed E-state index contributed by atoms with van der Waals surface area (Å²) in [4.78, 5) is 26.0. The maximum atomic E-state index is 12.6. The first kappa shape index (κ1) is 17.7. The quantitative estimate of drug-likeness (QED) is 0.618. The minimum atomic E-state index is -0.221. The Labute approximate surface area is 167 Å². The van der Waals surface area contributed by atoms with E-state index in [1.807, 2.05) is 36.4 Å². The van der Waals surface area contributed by atoms with Gasteiger partial charge in [0.25, 0.3) is 5.22 Å². The van der Waals surface area contributed by atoms with E-state index in [-0.39, 0.29) is 24.1 Å². The molecule has 3 aromatic rings. The third-order valence-corrected chi connectivity index (χ3v) is 5.40. The van der Waals surface area contributed by atoms with Gasteiger partial charge in [-0.1, -0.05) is 36.0 Å². The molecule has 1 aromatic heterocycles. The number of hydrogen-bond donors (Lipinski definition) is 1. The SMILES string of the molecule is O=C1CN(C(=O)CSc2nnc(-c3ccccc3Br)o2)c2ccccc2N1. The van der Waals surface area contributed by atoms with Crippen molar-refractivity contribution in [3.63, 3.8) is 0 Å². The molecular weight excluding hydrogens is 432 g/mol. The van der Waals surface area contributed by atoms with E-state index in [9.17, 15) is 9.59 Å². The number of nitrogens with zero attached hydrogens (tertiary/aromatic N) is 3. The fraction of sp³-hybridized carbons (Fsp3) is 0.111. The van der Waals surface area contributed by atoms with Gasteiger partial charge in [0.2, 0.25) is 17.7 Å². The number of aromatic nitrogens is 2. The summed E-state index contributed by atoms with van der Waals surface area (Å²) in [6.45, 7) is -0.0115. The third-order valence-electron chi connectivity index (χ3n) is 3.90. The number of para-hydroxylation sites is 2. The smallest absolute Gasteiger partial charge is 0.277 e. The van der Waals surface area contributed by atoms with E-state index in [1.165, 1.54) is 4.90 Å². The highest BCUT2D eigenvalue weighted by atomic mass is 79.9. The van der Waals surface area contributed by atoms with Gasteiger partial charge in [0.15, 0.2) is 0 Å². The number of benzene rings is 2. The maximum absolute atomic E-state index is 12.6. The molecule has 9 heteroatoms. The first-order valence-corrected chi connectivity index (χ1v) is 9.80. The van der Waals surface area contributed by atoms with Crippen molar-refractivity contribution in [3.05, 3.63) is 53.0 Å². The Balaban J connectivity index is 1.46. The Kier molecular flexibility index (Phi) is 4.95. The van der Waals surface area contributed by atoms with E-state index in [0.29, 0.717) is 22.5 Å². The van der Waals surface area contributed by atoms with Crippen molar-refractivity contribution in [1.82, 2.24) is 10.2 Å². The van der Waals surface area contributed by atoms with Gasteiger partial charge in [-0.2, -0.15) is 0 Å². The number of carbonyl (C=O) groups excluding carboxylic acids is 2. The highest BCUT2D eigenvalue weighted by Crippen LogP contribution is 2.31. The van der Waals surface area contributed by atoms with Crippen molar-refractivity contribution >= 4 is 50.9 Å². The van der Waals surface area contributed by atoms with Crippen LogP contribution in [0.25, 0.3) is 11.5 Å². The molecule has 0 unspecified atom stereocenters. The lowest BCUT2D eigenvalue weighted by molar-refractivity contribution is -0.120. The van der Waals surface area contributed by atoms with Crippen LogP contribution in [0.2, 0.25) is 0 Å². The van der Waals surface area contributed by atoms with Gasteiger partial charge < -0.3 is 14.6 Å². The standard InChI is InChI=1S/C18H13BrN4O3S/c19-12-6-2-1-5-11(12)17-21-22-18(26-17)27-10-16(25)23-9-15(24)20-13-7-3-4-8-14(13)23/h1-8H,9-10H2,(H,20,24). The molecule has 136 valence electrons. The van der Waals surface area contributed by atoms with Crippen LogP contribution in [-0.2, 0) is 9.59 Å². The van der Waals surface area contributed by atoms with Crippen molar-refractivity contribution < 1.29 is 14.0 Å². The van der Waals surface area contributed by atoms with Crippen LogP contribution in [0, 0.1) is 0 Å². The average molecular weight is 445 g/mol. The summed E-state index contributed by atoms with van der Waals surface area (Å²) in [6.07, 6.45) is 0. The molecule has 2 aromatic carbocycles. The van der Waals surface area contributed by atoms with Crippen molar-refractivity contribution in [2.75, 3.05) is 22.5 Å². The molecule has 0 atom stereocenters. The first-order chi connectivity index (χ1) is 13.1. The summed E-state index contributed by atoms with van der Waals surface area (Å²) >= 11 is 4.59. The zero-order valence-corrected chi connectivity index (χ0v) is 16.3. The normalized spacial score (nSPS) is 13.2. The predicted octanol–water partition coefficient (Wildman–Crippen LogP) is 3.58. The van der Waals surface area contributed by atoms with Crippen molar-refractivity contribution in [2.45, 2.75) is 5.22 Å². The Morgan fingerprint density at radius 1 is 1.19 bits per heavy atom. The first-order valence-electron chi connectivity index (χ1n) is 8.02. The van der Waals surface area contributed by atoms with Crippen molar-refractivity contribution in [2.24, 2.45) is 0 Å². The monoisotopic (exact) mass is 444 g/mol. The number of carbonyl (C=O) groups is 2. The largest absolute Gasteiger partial charge is 0.411 e. The molecule has 0 aliphatic carbocycles. The summed E-state index contributed by atoms with van der Waals surface area (Å²) in [5.74, 6) is 0.0308. The van der Waals surface area contributed by atoms with Gasteiger partial charge >= 0.3 is 0 Å². The lowest BCUT2D eigenvalue weighted by Crippen LogP contribution is -2.43. The number of fused-ring (bicyclic) bond motifs is 1. The van der Waals surface area contributed by atoms with Crippen LogP contribution in [0.1, 0.15) is 0 Å². The van der Waals surface area contributed by atoms with E-state index in [0.717, 1.165) is 21.8 Å². The van der Waals surface area contributed by atoms with E-state index in [1.54, 1.807) is 12.1 Å². The molecule has 0 bridgehead atoms. The fourth-order valence-corrected chi connectivity index (χ4v) is 3.76. The summed E-state index contributed by atoms with van der Waals surface area (Å²) in [6, 6.07) is 14.7. The van der Waals surface area contributed by atoms with Gasteiger partial charge in [0, 0.05) is 4.47 Å². The second-order valence-corrected chi connectivity index (χ2v) is 7.47. The van der Waals surface area contributed by atoms with Crippen LogP contribution in [0.3, 0.4) is 0 Å². The van der Waals surface area contributed by atoms with Crippen LogP contribution in [0.15, 0.2) is 62.6 Å². The number of nitrogens with one attached hydrogen (secondary N) is 1. The van der Waals surface area contributed by atoms with Crippen molar-refractivity contribution in [3.8, 4) is 11.5 Å². The summed E-state index contributed by atoms with van der Waals surface area (Å²) in [5, 5.41) is 11.1. The van der Waals surface area contributed by atoms with E-state index < -0.39 is 0 Å². The van der Waals surface area contributed by atoms with E-state index in [4.69, 9.17) is 4.42 Å². The average Bonchev–Trinajstić information content (AvgIpc) is 3.14. The van der Waals surface area contributed by atoms with E-state index >= 15 is 0 Å². The summed E-state index contributed by atoms with van der Waals surface area (Å²) < 4.78 is 6.48. The molecule has 2 amide bonds. The Morgan fingerprint density at radius 2 is 1.96 bits per heavy atom. The van der Waals surface area contributed by atoms with E-state index in [2.05, 4.69) is 31.4 Å².